The standard InChI is InChI=1S/C15H17FN2O3S/c1-11(19)18-14-7-8-15(13-6-3-2-5-12(13)14)22(20,21)17-10-4-9-16/h2-3,5-8,17H,4,9-10H2,1H3,(H,18,19). The predicted molar refractivity (Wildman–Crippen MR) is 84.0 cm³/mol. The molecule has 0 saturated heterocycles. The summed E-state index contributed by atoms with van der Waals surface area (Å²) in [5.74, 6) is -0.234. The molecular formula is C15H17FN2O3S. The Balaban J connectivity index is 2.50. The Kier molecular flexibility index (Phi) is 5.10. The maximum absolute atomic E-state index is 12.3. The molecule has 0 atom stereocenters. The van der Waals surface area contributed by atoms with Crippen molar-refractivity contribution >= 4 is 32.4 Å². The molecule has 0 radical (unpaired) electrons. The van der Waals surface area contributed by atoms with E-state index in [9.17, 15) is 17.6 Å². The summed E-state index contributed by atoms with van der Waals surface area (Å²) in [6.45, 7) is 0.850. The van der Waals surface area contributed by atoms with Gasteiger partial charge in [-0.2, -0.15) is 0 Å². The van der Waals surface area contributed by atoms with E-state index in [4.69, 9.17) is 0 Å². The Morgan fingerprint density at radius 3 is 2.45 bits per heavy atom. The molecule has 0 heterocycles. The molecule has 0 unspecified atom stereocenters. The second-order valence-corrected chi connectivity index (χ2v) is 6.51. The van der Waals surface area contributed by atoms with Gasteiger partial charge in [-0.05, 0) is 18.6 Å². The van der Waals surface area contributed by atoms with Gasteiger partial charge in [0.05, 0.1) is 11.6 Å². The molecule has 0 aromatic heterocycles. The van der Waals surface area contributed by atoms with Crippen LogP contribution < -0.4 is 10.0 Å². The highest BCUT2D eigenvalue weighted by Gasteiger charge is 2.18. The fourth-order valence-corrected chi connectivity index (χ4v) is 3.44. The van der Waals surface area contributed by atoms with Gasteiger partial charge in [0.15, 0.2) is 0 Å². The SMILES string of the molecule is CC(=O)Nc1ccc(S(=O)(=O)NCCCF)c2ccccc12. The Morgan fingerprint density at radius 1 is 1.14 bits per heavy atom. The Labute approximate surface area is 128 Å². The van der Waals surface area contributed by atoms with Gasteiger partial charge in [0.1, 0.15) is 0 Å². The van der Waals surface area contributed by atoms with E-state index in [-0.39, 0.29) is 23.8 Å². The molecule has 0 aliphatic carbocycles. The number of nitrogens with one attached hydrogen (secondary N) is 2. The summed E-state index contributed by atoms with van der Waals surface area (Å²) in [6, 6.07) is 9.88. The third-order valence-corrected chi connectivity index (χ3v) is 4.61. The number of carbonyl (C=O) groups excluding carboxylic acids is 1. The van der Waals surface area contributed by atoms with Gasteiger partial charge in [0, 0.05) is 29.9 Å². The number of alkyl halides is 1. The first-order valence-electron chi connectivity index (χ1n) is 6.80. The highest BCUT2D eigenvalue weighted by molar-refractivity contribution is 7.89. The molecule has 0 saturated carbocycles. The molecule has 0 aliphatic heterocycles. The number of benzene rings is 2. The van der Waals surface area contributed by atoms with E-state index < -0.39 is 16.7 Å². The first-order chi connectivity index (χ1) is 10.5. The van der Waals surface area contributed by atoms with Gasteiger partial charge in [-0.1, -0.05) is 24.3 Å². The minimum absolute atomic E-state index is 0.0423. The van der Waals surface area contributed by atoms with E-state index in [0.717, 1.165) is 0 Å². The van der Waals surface area contributed by atoms with Crippen LogP contribution in [0.2, 0.25) is 0 Å². The van der Waals surface area contributed by atoms with Crippen LogP contribution in [-0.2, 0) is 14.8 Å². The summed E-state index contributed by atoms with van der Waals surface area (Å²) >= 11 is 0. The average Bonchev–Trinajstić information content (AvgIpc) is 2.47. The Bertz CT molecular complexity index is 790. The van der Waals surface area contributed by atoms with Crippen molar-refractivity contribution in [3.05, 3.63) is 36.4 Å². The molecule has 2 rings (SSSR count). The monoisotopic (exact) mass is 324 g/mol. The van der Waals surface area contributed by atoms with Gasteiger partial charge in [0.25, 0.3) is 0 Å². The van der Waals surface area contributed by atoms with E-state index in [2.05, 4.69) is 10.0 Å². The maximum atomic E-state index is 12.3. The van der Waals surface area contributed by atoms with Crippen LogP contribution in [0.5, 0.6) is 0 Å². The molecule has 118 valence electrons. The van der Waals surface area contributed by atoms with Crippen molar-refractivity contribution in [1.29, 1.82) is 0 Å². The summed E-state index contributed by atoms with van der Waals surface area (Å²) in [5.41, 5.74) is 0.547. The minimum atomic E-state index is -3.73. The number of halogens is 1. The first-order valence-corrected chi connectivity index (χ1v) is 8.29. The van der Waals surface area contributed by atoms with Crippen LogP contribution in [0.25, 0.3) is 10.8 Å². The largest absolute Gasteiger partial charge is 0.326 e. The van der Waals surface area contributed by atoms with Gasteiger partial charge in [0.2, 0.25) is 15.9 Å². The highest BCUT2D eigenvalue weighted by Crippen LogP contribution is 2.29. The number of sulfonamides is 1. The van der Waals surface area contributed by atoms with Crippen molar-refractivity contribution in [1.82, 2.24) is 4.72 Å². The smallest absolute Gasteiger partial charge is 0.241 e. The van der Waals surface area contributed by atoms with Crippen molar-refractivity contribution < 1.29 is 17.6 Å². The molecule has 22 heavy (non-hydrogen) atoms. The number of hydrogen-bond acceptors (Lipinski definition) is 3. The molecule has 1 amide bonds. The second-order valence-electron chi connectivity index (χ2n) is 4.78. The summed E-state index contributed by atoms with van der Waals surface area (Å²) in [7, 11) is -3.73. The number of hydrogen-bond donors (Lipinski definition) is 2. The van der Waals surface area contributed by atoms with Crippen LogP contribution in [0.1, 0.15) is 13.3 Å². The van der Waals surface area contributed by atoms with E-state index in [1.165, 1.54) is 13.0 Å². The quantitative estimate of drug-likeness (QED) is 0.801. The summed E-state index contributed by atoms with van der Waals surface area (Å²) in [5, 5.41) is 3.81. The van der Waals surface area contributed by atoms with Crippen molar-refractivity contribution in [2.24, 2.45) is 0 Å². The molecule has 0 bridgehead atoms. The lowest BCUT2D eigenvalue weighted by molar-refractivity contribution is -0.114. The van der Waals surface area contributed by atoms with Crippen LogP contribution in [0.4, 0.5) is 10.1 Å². The summed E-state index contributed by atoms with van der Waals surface area (Å²) in [6.07, 6.45) is 0.126. The van der Waals surface area contributed by atoms with Gasteiger partial charge in [-0.25, -0.2) is 13.1 Å². The first kappa shape index (κ1) is 16.4. The Morgan fingerprint density at radius 2 is 1.82 bits per heavy atom. The normalized spacial score (nSPS) is 11.5. The zero-order valence-corrected chi connectivity index (χ0v) is 12.9. The Hall–Kier alpha value is -1.99. The highest BCUT2D eigenvalue weighted by atomic mass is 32.2. The fourth-order valence-electron chi connectivity index (χ4n) is 2.16. The molecule has 5 nitrogen and oxygen atoms in total. The van der Waals surface area contributed by atoms with E-state index in [0.29, 0.717) is 16.5 Å². The van der Waals surface area contributed by atoms with E-state index in [1.54, 1.807) is 30.3 Å². The van der Waals surface area contributed by atoms with Gasteiger partial charge in [-0.15, -0.1) is 0 Å². The molecule has 7 heteroatoms. The van der Waals surface area contributed by atoms with Gasteiger partial charge in [-0.3, -0.25) is 9.18 Å². The zero-order valence-electron chi connectivity index (χ0n) is 12.1. The topological polar surface area (TPSA) is 75.3 Å². The lowest BCUT2D eigenvalue weighted by Gasteiger charge is -2.12. The number of carbonyl (C=O) groups is 1. The zero-order chi connectivity index (χ0) is 16.2. The van der Waals surface area contributed by atoms with Crippen LogP contribution in [-0.4, -0.2) is 27.5 Å². The third kappa shape index (κ3) is 3.61. The van der Waals surface area contributed by atoms with E-state index >= 15 is 0 Å². The molecule has 0 aliphatic rings. The molecule has 2 aromatic carbocycles. The van der Waals surface area contributed by atoms with E-state index in [1.807, 2.05) is 0 Å². The van der Waals surface area contributed by atoms with Gasteiger partial charge >= 0.3 is 0 Å². The molecule has 2 N–H and O–H groups in total. The van der Waals surface area contributed by atoms with Crippen LogP contribution in [0, 0.1) is 0 Å². The number of rotatable bonds is 6. The summed E-state index contributed by atoms with van der Waals surface area (Å²) in [4.78, 5) is 11.3. The number of anilines is 1. The second kappa shape index (κ2) is 6.85. The average molecular weight is 324 g/mol. The van der Waals surface area contributed by atoms with Crippen molar-refractivity contribution in [3.8, 4) is 0 Å². The van der Waals surface area contributed by atoms with Crippen molar-refractivity contribution in [2.45, 2.75) is 18.2 Å². The number of amides is 1. The summed E-state index contributed by atoms with van der Waals surface area (Å²) < 4.78 is 39.2. The fraction of sp³-hybridized carbons (Fsp3) is 0.267. The van der Waals surface area contributed by atoms with Gasteiger partial charge < -0.3 is 5.32 Å². The van der Waals surface area contributed by atoms with Crippen molar-refractivity contribution in [2.75, 3.05) is 18.5 Å². The minimum Gasteiger partial charge on any atom is -0.326 e. The maximum Gasteiger partial charge on any atom is 0.241 e. The lowest BCUT2D eigenvalue weighted by Crippen LogP contribution is -2.25. The molecule has 0 fully saturated rings. The third-order valence-electron chi connectivity index (χ3n) is 3.09. The lowest BCUT2D eigenvalue weighted by atomic mass is 10.1. The molecule has 2 aromatic rings. The van der Waals surface area contributed by atoms with Crippen LogP contribution >= 0.6 is 0 Å². The van der Waals surface area contributed by atoms with Crippen LogP contribution in [0.15, 0.2) is 41.3 Å². The van der Waals surface area contributed by atoms with Crippen molar-refractivity contribution in [3.63, 3.8) is 0 Å². The molecular weight excluding hydrogens is 307 g/mol. The predicted octanol–water partition coefficient (Wildman–Crippen LogP) is 2.44. The molecule has 0 spiro atoms. The van der Waals surface area contributed by atoms with Crippen LogP contribution in [0.3, 0.4) is 0 Å². The number of fused-ring (bicyclic) bond motifs is 1.